The molecule has 1 aromatic carbocycles. The number of nitrogens with zero attached hydrogens (tertiary/aromatic N) is 5. The van der Waals surface area contributed by atoms with E-state index in [1.807, 2.05) is 30.7 Å². The number of pyridine rings is 1. The highest BCUT2D eigenvalue weighted by Crippen LogP contribution is 2.36. The van der Waals surface area contributed by atoms with Crippen molar-refractivity contribution in [2.24, 2.45) is 5.92 Å². The third-order valence-corrected chi connectivity index (χ3v) is 12.0. The molecule has 4 amide bonds. The van der Waals surface area contributed by atoms with Gasteiger partial charge in [-0.15, -0.1) is 0 Å². The monoisotopic (exact) mass is 742 g/mol. The molecule has 8 aliphatic rings. The molecule has 3 fully saturated rings. The van der Waals surface area contributed by atoms with Gasteiger partial charge in [-0.2, -0.15) is 0 Å². The lowest BCUT2D eigenvalue weighted by atomic mass is 9.81. The minimum absolute atomic E-state index is 0.0980. The second-order valence-electron chi connectivity index (χ2n) is 15.5. The number of piperazine rings is 1. The minimum atomic E-state index is -0.965. The van der Waals surface area contributed by atoms with Crippen LogP contribution in [0, 0.1) is 5.92 Å². The Balaban J connectivity index is 0.658. The molecule has 1 saturated carbocycles. The zero-order valence-electron chi connectivity index (χ0n) is 30.3. The van der Waals surface area contributed by atoms with E-state index in [0.29, 0.717) is 11.1 Å². The lowest BCUT2D eigenvalue weighted by molar-refractivity contribution is -0.136. The summed E-state index contributed by atoms with van der Waals surface area (Å²) in [7, 11) is 0. The van der Waals surface area contributed by atoms with Gasteiger partial charge in [-0.3, -0.25) is 44.3 Å². The molecule has 14 heteroatoms. The van der Waals surface area contributed by atoms with Crippen LogP contribution in [0.5, 0.6) is 5.75 Å². The Morgan fingerprint density at radius 1 is 0.873 bits per heavy atom. The highest BCUT2D eigenvalue weighted by Gasteiger charge is 2.45. The fraction of sp³-hybridized carbons (Fsp3) is 0.415. The van der Waals surface area contributed by atoms with Crippen molar-refractivity contribution in [2.45, 2.75) is 69.4 Å². The maximum atomic E-state index is 13.3. The first kappa shape index (κ1) is 33.9. The second kappa shape index (κ2) is 13.6. The van der Waals surface area contributed by atoms with E-state index in [-0.39, 0.29) is 43.1 Å². The lowest BCUT2D eigenvalue weighted by Gasteiger charge is -2.40. The highest BCUT2D eigenvalue weighted by atomic mass is 16.5. The van der Waals surface area contributed by atoms with Crippen LogP contribution in [-0.4, -0.2) is 106 Å². The van der Waals surface area contributed by atoms with Crippen LogP contribution in [0.25, 0.3) is 11.8 Å². The van der Waals surface area contributed by atoms with Crippen LogP contribution in [0.2, 0.25) is 0 Å². The summed E-state index contributed by atoms with van der Waals surface area (Å²) in [6, 6.07) is 12.7. The largest absolute Gasteiger partial charge is 0.489 e. The van der Waals surface area contributed by atoms with Gasteiger partial charge in [-0.05, 0) is 80.3 Å². The van der Waals surface area contributed by atoms with Gasteiger partial charge < -0.3 is 24.7 Å². The molecular weight excluding hydrogens is 701 g/mol. The molecule has 8 heterocycles. The maximum Gasteiger partial charge on any atom is 0.262 e. The number of aromatic nitrogens is 3. The van der Waals surface area contributed by atoms with E-state index < -0.39 is 23.8 Å². The molecular formula is C41H42N8O6. The summed E-state index contributed by atoms with van der Waals surface area (Å²) in [5, 5.41) is 7.90. The van der Waals surface area contributed by atoms with Gasteiger partial charge in [0, 0.05) is 91.7 Å². The summed E-state index contributed by atoms with van der Waals surface area (Å²) in [6.45, 7) is 4.32. The average molecular weight is 743 g/mol. The SMILES string of the molecule is O=C1CCC(N2C(=O)c3ccc(N4CCN(CCCc5ccc(O[C@H]6C[C@H](O[C@@H]7NC=c8nccc9[nH]c%10cc8C=%10[C@H]7C9)C6)cn5)CC4)cc3C2=O)C(=O)N1. The van der Waals surface area contributed by atoms with Crippen LogP contribution in [-0.2, 0) is 27.2 Å². The second-order valence-corrected chi connectivity index (χ2v) is 15.5. The fourth-order valence-corrected chi connectivity index (χ4v) is 8.94. The molecule has 6 bridgehead atoms. The van der Waals surface area contributed by atoms with Crippen molar-refractivity contribution in [2.75, 3.05) is 37.6 Å². The number of H-pyrrole nitrogens is 1. The predicted molar refractivity (Wildman–Crippen MR) is 199 cm³/mol. The molecule has 3 aromatic rings. The number of fused-ring (bicyclic) bond motifs is 3. The summed E-state index contributed by atoms with van der Waals surface area (Å²) in [5.74, 6) is -0.916. The van der Waals surface area contributed by atoms with Crippen molar-refractivity contribution >= 4 is 41.1 Å². The van der Waals surface area contributed by atoms with Crippen LogP contribution in [0.4, 0.5) is 5.69 Å². The van der Waals surface area contributed by atoms with E-state index in [1.54, 1.807) is 12.1 Å². The number of anilines is 1. The van der Waals surface area contributed by atoms with Gasteiger partial charge in [0.1, 0.15) is 24.1 Å². The number of imide groups is 2. The summed E-state index contributed by atoms with van der Waals surface area (Å²) in [4.78, 5) is 68.9. The molecule has 282 valence electrons. The van der Waals surface area contributed by atoms with E-state index >= 15 is 0 Å². The number of benzene rings is 1. The number of rotatable bonds is 10. The van der Waals surface area contributed by atoms with Gasteiger partial charge in [0.05, 0.1) is 28.8 Å². The number of amides is 4. The molecule has 55 heavy (non-hydrogen) atoms. The van der Waals surface area contributed by atoms with Crippen molar-refractivity contribution in [3.63, 3.8) is 0 Å². The quantitative estimate of drug-likeness (QED) is 0.255. The van der Waals surface area contributed by atoms with Crippen molar-refractivity contribution in [1.82, 2.24) is 35.4 Å². The van der Waals surface area contributed by atoms with E-state index in [0.717, 1.165) is 92.2 Å². The first-order chi connectivity index (χ1) is 26.8. The van der Waals surface area contributed by atoms with E-state index in [1.165, 1.54) is 22.2 Å². The number of carbonyl (C=O) groups excluding carboxylic acids is 4. The average Bonchev–Trinajstić information content (AvgIpc) is 3.43. The molecule has 0 radical (unpaired) electrons. The topological polar surface area (TPSA) is 162 Å². The van der Waals surface area contributed by atoms with Crippen LogP contribution in [0.15, 0.2) is 54.9 Å². The number of ether oxygens (including phenoxy) is 2. The van der Waals surface area contributed by atoms with E-state index in [4.69, 9.17) is 9.47 Å². The van der Waals surface area contributed by atoms with Crippen LogP contribution in [0.3, 0.4) is 0 Å². The van der Waals surface area contributed by atoms with Gasteiger partial charge >= 0.3 is 0 Å². The molecule has 2 aliphatic carbocycles. The van der Waals surface area contributed by atoms with E-state index in [2.05, 4.69) is 53.6 Å². The number of nitrogens with one attached hydrogen (secondary N) is 3. The van der Waals surface area contributed by atoms with Gasteiger partial charge in [-0.25, -0.2) is 0 Å². The summed E-state index contributed by atoms with van der Waals surface area (Å²) in [5.41, 5.74) is 6.24. The Kier molecular flexibility index (Phi) is 8.39. The summed E-state index contributed by atoms with van der Waals surface area (Å²) < 4.78 is 12.9. The highest BCUT2D eigenvalue weighted by molar-refractivity contribution is 6.23. The van der Waals surface area contributed by atoms with Crippen LogP contribution < -0.4 is 31.0 Å². The molecule has 1 unspecified atom stereocenters. The molecule has 14 nitrogen and oxygen atoms in total. The fourth-order valence-electron chi connectivity index (χ4n) is 8.94. The van der Waals surface area contributed by atoms with Gasteiger partial charge in [0.25, 0.3) is 11.8 Å². The molecule has 3 atom stereocenters. The smallest absolute Gasteiger partial charge is 0.262 e. The zero-order chi connectivity index (χ0) is 37.2. The summed E-state index contributed by atoms with van der Waals surface area (Å²) >= 11 is 0. The number of piperidine rings is 1. The minimum Gasteiger partial charge on any atom is -0.489 e. The molecule has 11 rings (SSSR count). The standard InChI is InChI=1S/C41H42N8O6/c50-36-8-7-35(38(51)46-36)49-40(52)29-6-4-25(17-30(29)41(49)53)48-14-12-47(13-15-48)11-1-2-23-3-5-26(21-43-23)54-27-18-28(19-27)55-39-32-16-24-9-10-42-34(22-44-39)31-20-33(45-24)37(31)32/h3-6,9-10,17,20-22,27-28,32,35,39,44-45H,1-2,7-8,11-16,18-19H2,(H,46,50,51)/t27-,28-,32-,35?,39+/m1/s1. The number of hydrogen-bond donors (Lipinski definition) is 3. The number of aryl methyl sites for hydroxylation is 1. The number of carbonyl (C=O) groups is 4. The third-order valence-electron chi connectivity index (χ3n) is 12.0. The normalized spacial score (nSPS) is 26.0. The van der Waals surface area contributed by atoms with Crippen molar-refractivity contribution in [3.05, 3.63) is 93.6 Å². The molecule has 0 spiro atoms. The van der Waals surface area contributed by atoms with Gasteiger partial charge in [-0.1, -0.05) is 0 Å². The first-order valence-corrected chi connectivity index (χ1v) is 19.4. The molecule has 2 aromatic heterocycles. The van der Waals surface area contributed by atoms with Crippen LogP contribution >= 0.6 is 0 Å². The predicted octanol–water partition coefficient (Wildman–Crippen LogP) is 1.06. The zero-order valence-corrected chi connectivity index (χ0v) is 30.3. The Morgan fingerprint density at radius 2 is 1.73 bits per heavy atom. The van der Waals surface area contributed by atoms with Crippen molar-refractivity contribution < 1.29 is 28.7 Å². The van der Waals surface area contributed by atoms with E-state index in [9.17, 15) is 19.2 Å². The Bertz CT molecular complexity index is 2290. The Hall–Kier alpha value is -5.60. The maximum absolute atomic E-state index is 13.3. The molecule has 3 N–H and O–H groups in total. The van der Waals surface area contributed by atoms with Crippen molar-refractivity contribution in [3.8, 4) is 5.75 Å². The summed E-state index contributed by atoms with van der Waals surface area (Å²) in [6.07, 6.45) is 10.5. The Labute approximate surface area is 316 Å². The number of hydrogen-bond acceptors (Lipinski definition) is 11. The number of aromatic amines is 1. The molecule has 6 aliphatic heterocycles. The third kappa shape index (κ3) is 6.22. The van der Waals surface area contributed by atoms with Gasteiger partial charge in [0.15, 0.2) is 0 Å². The van der Waals surface area contributed by atoms with Crippen molar-refractivity contribution in [1.29, 1.82) is 0 Å². The lowest BCUT2D eigenvalue weighted by Crippen LogP contribution is -2.54. The molecule has 2 saturated heterocycles. The first-order valence-electron chi connectivity index (χ1n) is 19.4. The van der Waals surface area contributed by atoms with Crippen LogP contribution in [0.1, 0.15) is 69.8 Å². The van der Waals surface area contributed by atoms with Gasteiger partial charge in [0.2, 0.25) is 11.8 Å². The Morgan fingerprint density at radius 3 is 2.55 bits per heavy atom.